The largest absolute Gasteiger partial charge is 0.309 e. The Morgan fingerprint density at radius 3 is 1.65 bits per heavy atom. The first-order valence-electron chi connectivity index (χ1n) is 16.5. The van der Waals surface area contributed by atoms with Crippen molar-refractivity contribution < 1.29 is 0 Å². The zero-order valence-corrected chi connectivity index (χ0v) is 26.2. The van der Waals surface area contributed by atoms with E-state index >= 15 is 0 Å². The van der Waals surface area contributed by atoms with Gasteiger partial charge in [0.1, 0.15) is 0 Å². The molecule has 10 rings (SSSR count). The van der Waals surface area contributed by atoms with Crippen LogP contribution in [0.5, 0.6) is 0 Å². The van der Waals surface area contributed by atoms with E-state index in [9.17, 15) is 0 Å². The van der Waals surface area contributed by atoms with Crippen LogP contribution in [0.2, 0.25) is 0 Å². The first-order valence-corrected chi connectivity index (χ1v) is 16.5. The first-order chi connectivity index (χ1) is 23.8. The fraction of sp³-hybridized carbons (Fsp3) is 0. The summed E-state index contributed by atoms with van der Waals surface area (Å²) in [6.07, 6.45) is 0. The van der Waals surface area contributed by atoms with Gasteiger partial charge in [0.05, 0.1) is 22.1 Å². The second kappa shape index (κ2) is 10.6. The molecule has 0 aliphatic carbocycles. The molecule has 0 N–H and O–H groups in total. The van der Waals surface area contributed by atoms with E-state index in [2.05, 4.69) is 191 Å². The van der Waals surface area contributed by atoms with E-state index in [1.165, 1.54) is 82.3 Å². The smallest absolute Gasteiger partial charge is 0.0547 e. The van der Waals surface area contributed by atoms with E-state index in [0.717, 1.165) is 5.69 Å². The van der Waals surface area contributed by atoms with E-state index in [-0.39, 0.29) is 0 Å². The molecule has 0 saturated heterocycles. The quantitative estimate of drug-likeness (QED) is 0.188. The third-order valence-electron chi connectivity index (χ3n) is 9.90. The third kappa shape index (κ3) is 4.00. The minimum atomic E-state index is 1.16. The van der Waals surface area contributed by atoms with Gasteiger partial charge in [-0.3, -0.25) is 0 Å². The molecule has 2 nitrogen and oxygen atoms in total. The fourth-order valence-electron chi connectivity index (χ4n) is 7.80. The third-order valence-corrected chi connectivity index (χ3v) is 9.90. The average molecular weight is 611 g/mol. The van der Waals surface area contributed by atoms with E-state index in [1.54, 1.807) is 0 Å². The second-order valence-corrected chi connectivity index (χ2v) is 12.5. The summed E-state index contributed by atoms with van der Waals surface area (Å²) in [4.78, 5) is 0. The van der Waals surface area contributed by atoms with Crippen LogP contribution in [0.25, 0.3) is 88.0 Å². The molecule has 2 heterocycles. The number of hydrogen-bond acceptors (Lipinski definition) is 0. The Morgan fingerprint density at radius 2 is 0.833 bits per heavy atom. The highest BCUT2D eigenvalue weighted by atomic mass is 15.0. The molecular weight excluding hydrogens is 581 g/mol. The van der Waals surface area contributed by atoms with Crippen LogP contribution >= 0.6 is 0 Å². The highest BCUT2D eigenvalue weighted by Gasteiger charge is 2.19. The molecule has 0 saturated carbocycles. The Balaban J connectivity index is 1.29. The molecule has 0 aliphatic rings. The van der Waals surface area contributed by atoms with Gasteiger partial charge in [-0.1, -0.05) is 127 Å². The van der Waals surface area contributed by atoms with Crippen molar-refractivity contribution in [1.29, 1.82) is 0 Å². The fourth-order valence-corrected chi connectivity index (χ4v) is 7.80. The first kappa shape index (κ1) is 26.8. The summed E-state index contributed by atoms with van der Waals surface area (Å²) in [6.45, 7) is 0. The lowest BCUT2D eigenvalue weighted by Crippen LogP contribution is -1.94. The summed E-state index contributed by atoms with van der Waals surface area (Å²) < 4.78 is 4.82. The lowest BCUT2D eigenvalue weighted by Gasteiger charge is -2.10. The predicted molar refractivity (Wildman–Crippen MR) is 203 cm³/mol. The van der Waals surface area contributed by atoms with Gasteiger partial charge in [-0.05, 0) is 87.6 Å². The molecule has 2 aromatic heterocycles. The van der Waals surface area contributed by atoms with E-state index in [0.29, 0.717) is 0 Å². The number of nitrogens with zero attached hydrogens (tertiary/aromatic N) is 2. The molecule has 0 atom stereocenters. The highest BCUT2D eigenvalue weighted by Crippen LogP contribution is 2.42. The Bertz CT molecular complexity index is 2810. The summed E-state index contributed by atoms with van der Waals surface area (Å²) in [5.74, 6) is 0. The van der Waals surface area contributed by atoms with Crippen molar-refractivity contribution in [3.05, 3.63) is 182 Å². The Hall–Kier alpha value is -6.38. The van der Waals surface area contributed by atoms with Crippen LogP contribution in [0, 0.1) is 0 Å². The molecule has 48 heavy (non-hydrogen) atoms. The molecule has 0 radical (unpaired) electrons. The zero-order valence-electron chi connectivity index (χ0n) is 26.2. The van der Waals surface area contributed by atoms with Crippen molar-refractivity contribution in [2.45, 2.75) is 0 Å². The molecule has 10 aromatic rings. The maximum Gasteiger partial charge on any atom is 0.0547 e. The van der Waals surface area contributed by atoms with Crippen LogP contribution in [0.15, 0.2) is 182 Å². The van der Waals surface area contributed by atoms with Crippen molar-refractivity contribution in [1.82, 2.24) is 9.13 Å². The van der Waals surface area contributed by atoms with Gasteiger partial charge in [-0.25, -0.2) is 0 Å². The van der Waals surface area contributed by atoms with Gasteiger partial charge in [0.25, 0.3) is 0 Å². The van der Waals surface area contributed by atoms with Gasteiger partial charge in [0, 0.05) is 32.9 Å². The van der Waals surface area contributed by atoms with Gasteiger partial charge < -0.3 is 9.13 Å². The number of benzene rings is 8. The Kier molecular flexibility index (Phi) is 5.91. The van der Waals surface area contributed by atoms with Gasteiger partial charge >= 0.3 is 0 Å². The number of fused-ring (bicyclic) bond motifs is 7. The summed E-state index contributed by atoms with van der Waals surface area (Å²) in [6, 6.07) is 66.2. The number of hydrogen-bond donors (Lipinski definition) is 0. The predicted octanol–water partition coefficient (Wildman–Crippen LogP) is 12.4. The van der Waals surface area contributed by atoms with Crippen LogP contribution in [-0.4, -0.2) is 9.13 Å². The summed E-state index contributed by atoms with van der Waals surface area (Å²) in [5.41, 5.74) is 12.1. The van der Waals surface area contributed by atoms with Gasteiger partial charge in [0.2, 0.25) is 0 Å². The van der Waals surface area contributed by atoms with Crippen LogP contribution in [0.3, 0.4) is 0 Å². The lowest BCUT2D eigenvalue weighted by atomic mass is 9.95. The Morgan fingerprint density at radius 1 is 0.292 bits per heavy atom. The number of aromatic nitrogens is 2. The minimum Gasteiger partial charge on any atom is -0.309 e. The molecule has 0 spiro atoms. The van der Waals surface area contributed by atoms with Crippen LogP contribution < -0.4 is 0 Å². The van der Waals surface area contributed by atoms with Gasteiger partial charge in [-0.15, -0.1) is 0 Å². The monoisotopic (exact) mass is 610 g/mol. The molecule has 0 unspecified atom stereocenters. The van der Waals surface area contributed by atoms with Crippen molar-refractivity contribution in [3.63, 3.8) is 0 Å². The van der Waals surface area contributed by atoms with Crippen LogP contribution in [0.1, 0.15) is 0 Å². The summed E-state index contributed by atoms with van der Waals surface area (Å²) >= 11 is 0. The summed E-state index contributed by atoms with van der Waals surface area (Å²) in [5, 5.41) is 7.56. The molecule has 8 aromatic carbocycles. The van der Waals surface area contributed by atoms with Crippen LogP contribution in [0.4, 0.5) is 0 Å². The molecule has 0 bridgehead atoms. The normalized spacial score (nSPS) is 11.8. The maximum absolute atomic E-state index is 2.42. The van der Waals surface area contributed by atoms with Crippen LogP contribution in [-0.2, 0) is 0 Å². The summed E-state index contributed by atoms with van der Waals surface area (Å²) in [7, 11) is 0. The van der Waals surface area contributed by atoms with Gasteiger partial charge in [0.15, 0.2) is 0 Å². The maximum atomic E-state index is 2.42. The average Bonchev–Trinajstić information content (AvgIpc) is 3.67. The minimum absolute atomic E-state index is 1.16. The molecule has 224 valence electrons. The molecule has 0 fully saturated rings. The van der Waals surface area contributed by atoms with Crippen molar-refractivity contribution in [2.75, 3.05) is 0 Å². The Labute approximate surface area is 278 Å². The second-order valence-electron chi connectivity index (χ2n) is 12.5. The SMILES string of the molecule is c1ccc(-n2c3ccccc3c3ccc(-c4cccc5c4c4cc(-c6cccc7ccccc67)ccc4n5-c4ccccc4)cc32)cc1. The molecule has 0 aliphatic heterocycles. The lowest BCUT2D eigenvalue weighted by molar-refractivity contribution is 1.18. The molecule has 0 amide bonds. The zero-order chi connectivity index (χ0) is 31.6. The highest BCUT2D eigenvalue weighted by molar-refractivity contribution is 6.18. The number of para-hydroxylation sites is 3. The van der Waals surface area contributed by atoms with Gasteiger partial charge in [-0.2, -0.15) is 0 Å². The molecular formula is C46H30N2. The molecule has 2 heteroatoms. The van der Waals surface area contributed by atoms with E-state index < -0.39 is 0 Å². The topological polar surface area (TPSA) is 9.86 Å². The number of rotatable bonds is 4. The van der Waals surface area contributed by atoms with Crippen molar-refractivity contribution >= 4 is 54.4 Å². The standard InChI is InChI=1S/C46H30N2/c1-3-15-34(16-4-1)47-43-28-26-32(37-21-11-14-31-13-7-8-19-36(31)37)29-41(43)46-38(22-12-24-44(46)47)33-25-27-40-39-20-9-10-23-42(39)48(45(40)30-33)35-17-5-2-6-18-35/h1-30H. The van der Waals surface area contributed by atoms with E-state index in [4.69, 9.17) is 0 Å². The van der Waals surface area contributed by atoms with Crippen molar-refractivity contribution in [2.24, 2.45) is 0 Å². The van der Waals surface area contributed by atoms with Crippen molar-refractivity contribution in [3.8, 4) is 33.6 Å². The van der Waals surface area contributed by atoms with E-state index in [1.807, 2.05) is 0 Å².